The van der Waals surface area contributed by atoms with Crippen molar-refractivity contribution in [1.82, 2.24) is 19.6 Å². The first-order valence-electron chi connectivity index (χ1n) is 11.6. The van der Waals surface area contributed by atoms with Gasteiger partial charge in [0.25, 0.3) is 0 Å². The lowest BCUT2D eigenvalue weighted by molar-refractivity contribution is -0.0738. The molecule has 1 aliphatic carbocycles. The number of benzene rings is 2. The topological polar surface area (TPSA) is 89.3 Å². The molecule has 0 amide bonds. The van der Waals surface area contributed by atoms with E-state index in [1.165, 1.54) is 0 Å². The van der Waals surface area contributed by atoms with Gasteiger partial charge in [-0.05, 0) is 50.3 Å². The van der Waals surface area contributed by atoms with Crippen LogP contribution in [0.5, 0.6) is 0 Å². The summed E-state index contributed by atoms with van der Waals surface area (Å²) in [5.74, 6) is 0. The van der Waals surface area contributed by atoms with Crippen LogP contribution in [0.1, 0.15) is 36.6 Å². The Labute approximate surface area is 198 Å². The smallest absolute Gasteiger partial charge is 0.165 e. The zero-order valence-corrected chi connectivity index (χ0v) is 19.6. The molecule has 1 fully saturated rings. The van der Waals surface area contributed by atoms with E-state index in [1.54, 1.807) is 0 Å². The number of hydrogen-bond acceptors (Lipinski definition) is 5. The molecule has 0 spiro atoms. The summed E-state index contributed by atoms with van der Waals surface area (Å²) >= 11 is 0. The van der Waals surface area contributed by atoms with Crippen molar-refractivity contribution in [3.63, 3.8) is 0 Å². The van der Waals surface area contributed by atoms with Gasteiger partial charge >= 0.3 is 0 Å². The highest BCUT2D eigenvalue weighted by molar-refractivity contribution is 5.94. The Bertz CT molecular complexity index is 1540. The van der Waals surface area contributed by atoms with E-state index >= 15 is 0 Å². The zero-order valence-electron chi connectivity index (χ0n) is 19.6. The molecule has 3 N–H and O–H groups in total. The fourth-order valence-electron chi connectivity index (χ4n) is 5.52. The molecule has 6 nitrogen and oxygen atoms in total. The monoisotopic (exact) mass is 449 g/mol. The summed E-state index contributed by atoms with van der Waals surface area (Å²) in [6, 6.07) is 20.6. The van der Waals surface area contributed by atoms with E-state index < -0.39 is 11.1 Å². The van der Waals surface area contributed by atoms with Crippen LogP contribution in [0, 0.1) is 13.8 Å². The van der Waals surface area contributed by atoms with E-state index in [4.69, 9.17) is 10.7 Å². The van der Waals surface area contributed by atoms with Gasteiger partial charge in [0.05, 0.1) is 17.0 Å². The molecule has 6 rings (SSSR count). The van der Waals surface area contributed by atoms with Gasteiger partial charge in [0.1, 0.15) is 0 Å². The number of fused-ring (bicyclic) bond motifs is 3. The summed E-state index contributed by atoms with van der Waals surface area (Å²) in [7, 11) is 0. The van der Waals surface area contributed by atoms with Crippen LogP contribution >= 0.6 is 0 Å². The van der Waals surface area contributed by atoms with Gasteiger partial charge < -0.3 is 10.8 Å². The minimum Gasteiger partial charge on any atom is -0.390 e. The van der Waals surface area contributed by atoms with E-state index in [0.29, 0.717) is 12.8 Å². The first kappa shape index (κ1) is 21.0. The third-order valence-electron chi connectivity index (χ3n) is 7.00. The molecule has 0 saturated heterocycles. The van der Waals surface area contributed by atoms with Crippen molar-refractivity contribution in [3.8, 4) is 22.4 Å². The molecule has 0 unspecified atom stereocenters. The van der Waals surface area contributed by atoms with Crippen molar-refractivity contribution in [2.45, 2.75) is 44.8 Å². The number of nitrogens with two attached hydrogens (primary N) is 1. The number of aliphatic hydroxyl groups is 1. The van der Waals surface area contributed by atoms with Crippen LogP contribution in [0.2, 0.25) is 0 Å². The van der Waals surface area contributed by atoms with E-state index in [2.05, 4.69) is 53.4 Å². The largest absolute Gasteiger partial charge is 0.390 e. The van der Waals surface area contributed by atoms with Crippen LogP contribution in [0.4, 0.5) is 0 Å². The number of aryl methyl sites for hydroxylation is 2. The van der Waals surface area contributed by atoms with Crippen molar-refractivity contribution in [1.29, 1.82) is 0 Å². The molecule has 0 bridgehead atoms. The molecule has 2 aromatic carbocycles. The Morgan fingerprint density at radius 1 is 0.971 bits per heavy atom. The number of nitrogens with zero attached hydrogens (tertiary/aromatic N) is 4. The Morgan fingerprint density at radius 2 is 1.68 bits per heavy atom. The average molecular weight is 450 g/mol. The lowest BCUT2D eigenvalue weighted by atomic mass is 9.63. The van der Waals surface area contributed by atoms with Crippen LogP contribution in [-0.2, 0) is 5.54 Å². The molecular formula is C28H27N5O. The van der Waals surface area contributed by atoms with Crippen molar-refractivity contribution in [2.75, 3.05) is 0 Å². The molecule has 1 saturated carbocycles. The molecule has 0 radical (unpaired) electrons. The highest BCUT2D eigenvalue weighted by atomic mass is 16.3. The maximum Gasteiger partial charge on any atom is 0.165 e. The minimum atomic E-state index is -0.688. The van der Waals surface area contributed by atoms with Gasteiger partial charge in [0.2, 0.25) is 0 Å². The Balaban J connectivity index is 1.57. The molecule has 1 aliphatic rings. The molecular weight excluding hydrogens is 422 g/mol. The van der Waals surface area contributed by atoms with E-state index in [1.807, 2.05) is 48.8 Å². The second-order valence-corrected chi connectivity index (χ2v) is 9.96. The first-order chi connectivity index (χ1) is 16.2. The van der Waals surface area contributed by atoms with Crippen LogP contribution in [0.15, 0.2) is 66.9 Å². The summed E-state index contributed by atoms with van der Waals surface area (Å²) in [6.07, 6.45) is 3.02. The maximum absolute atomic E-state index is 10.2. The lowest BCUT2D eigenvalue weighted by Crippen LogP contribution is -2.58. The van der Waals surface area contributed by atoms with Gasteiger partial charge in [-0.25, -0.2) is 9.97 Å². The van der Waals surface area contributed by atoms with Gasteiger partial charge in [0, 0.05) is 34.3 Å². The molecule has 3 heterocycles. The van der Waals surface area contributed by atoms with Crippen LogP contribution in [0.3, 0.4) is 0 Å². The fourth-order valence-corrected chi connectivity index (χ4v) is 5.52. The highest BCUT2D eigenvalue weighted by Crippen LogP contribution is 2.46. The Hall–Kier alpha value is -3.61. The Kier molecular flexibility index (Phi) is 4.43. The predicted molar refractivity (Wildman–Crippen MR) is 134 cm³/mol. The summed E-state index contributed by atoms with van der Waals surface area (Å²) < 4.78 is 1.83. The summed E-state index contributed by atoms with van der Waals surface area (Å²) in [5.41, 5.74) is 14.1. The maximum atomic E-state index is 10.2. The van der Waals surface area contributed by atoms with Gasteiger partial charge in [-0.1, -0.05) is 54.6 Å². The summed E-state index contributed by atoms with van der Waals surface area (Å²) in [5, 5.41) is 15.9. The van der Waals surface area contributed by atoms with E-state index in [-0.39, 0.29) is 0 Å². The minimum absolute atomic E-state index is 0.485. The number of hydrogen-bond donors (Lipinski definition) is 2. The number of pyridine rings is 1. The van der Waals surface area contributed by atoms with Crippen molar-refractivity contribution >= 4 is 16.7 Å². The van der Waals surface area contributed by atoms with Gasteiger partial charge in [0.15, 0.2) is 11.3 Å². The zero-order chi connectivity index (χ0) is 23.7. The highest BCUT2D eigenvalue weighted by Gasteiger charge is 2.49. The second-order valence-electron chi connectivity index (χ2n) is 9.96. The second kappa shape index (κ2) is 7.19. The first-order valence-corrected chi connectivity index (χ1v) is 11.6. The predicted octanol–water partition coefficient (Wildman–Crippen LogP) is 4.93. The third kappa shape index (κ3) is 3.22. The normalized spacial score (nSPS) is 22.3. The van der Waals surface area contributed by atoms with Gasteiger partial charge in [-0.3, -0.25) is 0 Å². The van der Waals surface area contributed by atoms with Crippen molar-refractivity contribution in [3.05, 3.63) is 83.7 Å². The van der Waals surface area contributed by atoms with Crippen molar-refractivity contribution < 1.29 is 5.11 Å². The van der Waals surface area contributed by atoms with Gasteiger partial charge in [-0.2, -0.15) is 9.61 Å². The third-order valence-corrected chi connectivity index (χ3v) is 7.00. The molecule has 34 heavy (non-hydrogen) atoms. The Morgan fingerprint density at radius 3 is 2.35 bits per heavy atom. The average Bonchev–Trinajstić information content (AvgIpc) is 3.19. The number of rotatable bonds is 3. The number of aromatic nitrogens is 4. The molecule has 3 aromatic heterocycles. The lowest BCUT2D eigenvalue weighted by Gasteiger charge is -2.49. The van der Waals surface area contributed by atoms with E-state index in [0.717, 1.165) is 55.9 Å². The molecule has 6 heteroatoms. The fraction of sp³-hybridized carbons (Fsp3) is 0.250. The quantitative estimate of drug-likeness (QED) is 0.408. The van der Waals surface area contributed by atoms with Crippen molar-refractivity contribution in [2.24, 2.45) is 5.73 Å². The molecule has 5 aromatic rings. The summed E-state index contributed by atoms with van der Waals surface area (Å²) in [6.45, 7) is 5.93. The van der Waals surface area contributed by atoms with Crippen LogP contribution in [-0.4, -0.2) is 30.3 Å². The van der Waals surface area contributed by atoms with Crippen LogP contribution in [0.25, 0.3) is 39.1 Å². The SMILES string of the molecule is Cc1cc2ncc3c(C)c(-c4ccccc4)c(-c4ccc(C5(N)CC(C)(O)C5)cc4)nc3n2n1. The van der Waals surface area contributed by atoms with E-state index in [9.17, 15) is 5.11 Å². The molecule has 0 aliphatic heterocycles. The van der Waals surface area contributed by atoms with Crippen LogP contribution < -0.4 is 5.73 Å². The standard InChI is InChI=1S/C28H27N5O/c1-17-13-23-30-14-22-18(2)24(19-7-5-4-6-8-19)25(31-26(22)33(23)32-17)20-9-11-21(12-10-20)28(29)15-27(3,34)16-28/h4-14,34H,15-16,29H2,1-3H3. The molecule has 0 atom stereocenters. The van der Waals surface area contributed by atoms with Gasteiger partial charge in [-0.15, -0.1) is 0 Å². The molecule has 170 valence electrons. The summed E-state index contributed by atoms with van der Waals surface area (Å²) in [4.78, 5) is 9.78.